The summed E-state index contributed by atoms with van der Waals surface area (Å²) >= 11 is 0. The summed E-state index contributed by atoms with van der Waals surface area (Å²) in [5.41, 5.74) is 3.27. The molecule has 0 radical (unpaired) electrons. The van der Waals surface area contributed by atoms with Gasteiger partial charge in [-0.3, -0.25) is 14.5 Å². The van der Waals surface area contributed by atoms with Crippen molar-refractivity contribution in [3.8, 4) is 0 Å². The average Bonchev–Trinajstić information content (AvgIpc) is 2.75. The smallest absolute Gasteiger partial charge is 0.253 e. The SMILES string of the molecule is O=c1c(NCCC2=CCCCC2)c(N2CCN(Cc3ccccc3)CC2)c1=O. The van der Waals surface area contributed by atoms with Crippen molar-refractivity contribution in [2.45, 2.75) is 38.6 Å². The van der Waals surface area contributed by atoms with Crippen LogP contribution in [0.1, 0.15) is 37.7 Å². The van der Waals surface area contributed by atoms with Crippen LogP contribution in [0.4, 0.5) is 11.4 Å². The molecule has 1 aliphatic carbocycles. The lowest BCUT2D eigenvalue weighted by molar-refractivity contribution is 0.249. The Bertz CT molecular complexity index is 888. The van der Waals surface area contributed by atoms with Crippen LogP contribution in [0.5, 0.6) is 0 Å². The number of nitrogens with one attached hydrogen (secondary N) is 1. The molecule has 1 fully saturated rings. The van der Waals surface area contributed by atoms with Gasteiger partial charge in [-0.2, -0.15) is 0 Å². The molecule has 0 unspecified atom stereocenters. The minimum Gasteiger partial charge on any atom is -0.380 e. The molecule has 0 saturated carbocycles. The van der Waals surface area contributed by atoms with Crippen LogP contribution in [0.25, 0.3) is 0 Å². The molecule has 148 valence electrons. The molecule has 5 nitrogen and oxygen atoms in total. The fraction of sp³-hybridized carbons (Fsp3) is 0.478. The largest absolute Gasteiger partial charge is 0.380 e. The lowest BCUT2D eigenvalue weighted by Crippen LogP contribution is -2.51. The summed E-state index contributed by atoms with van der Waals surface area (Å²) in [5, 5.41) is 3.26. The molecule has 0 amide bonds. The van der Waals surface area contributed by atoms with Gasteiger partial charge < -0.3 is 10.2 Å². The number of hydrogen-bond donors (Lipinski definition) is 1. The van der Waals surface area contributed by atoms with Crippen molar-refractivity contribution in [1.29, 1.82) is 0 Å². The molecule has 0 aromatic heterocycles. The molecule has 0 atom stereocenters. The maximum atomic E-state index is 12.2. The Morgan fingerprint density at radius 1 is 0.929 bits per heavy atom. The van der Waals surface area contributed by atoms with Crippen LogP contribution in [0.2, 0.25) is 0 Å². The van der Waals surface area contributed by atoms with E-state index in [4.69, 9.17) is 0 Å². The molecule has 2 aromatic rings. The number of nitrogens with zero attached hydrogens (tertiary/aromatic N) is 2. The monoisotopic (exact) mass is 379 g/mol. The minimum absolute atomic E-state index is 0.323. The Labute approximate surface area is 166 Å². The van der Waals surface area contributed by atoms with Crippen molar-refractivity contribution in [2.24, 2.45) is 0 Å². The van der Waals surface area contributed by atoms with Gasteiger partial charge >= 0.3 is 0 Å². The van der Waals surface area contributed by atoms with E-state index in [0.29, 0.717) is 11.4 Å². The molecule has 2 aliphatic rings. The molecule has 2 aromatic carbocycles. The minimum atomic E-state index is -0.348. The molecular weight excluding hydrogens is 350 g/mol. The third kappa shape index (κ3) is 4.20. The fourth-order valence-electron chi connectivity index (χ4n) is 4.30. The topological polar surface area (TPSA) is 52.7 Å². The van der Waals surface area contributed by atoms with Crippen molar-refractivity contribution in [3.63, 3.8) is 0 Å². The lowest BCUT2D eigenvalue weighted by atomic mass is 9.97. The molecule has 1 heterocycles. The summed E-state index contributed by atoms with van der Waals surface area (Å²) in [7, 11) is 0. The zero-order valence-corrected chi connectivity index (χ0v) is 16.5. The van der Waals surface area contributed by atoms with Crippen molar-refractivity contribution in [2.75, 3.05) is 42.9 Å². The van der Waals surface area contributed by atoms with Gasteiger partial charge in [-0.15, -0.1) is 0 Å². The normalized spacial score (nSPS) is 18.3. The van der Waals surface area contributed by atoms with E-state index < -0.39 is 0 Å². The molecule has 0 spiro atoms. The average molecular weight is 380 g/mol. The second-order valence-corrected chi connectivity index (χ2v) is 7.92. The predicted octanol–water partition coefficient (Wildman–Crippen LogP) is 2.91. The number of allylic oxidation sites excluding steroid dienone is 1. The summed E-state index contributed by atoms with van der Waals surface area (Å²) in [6.07, 6.45) is 8.20. The number of hydrogen-bond acceptors (Lipinski definition) is 5. The zero-order valence-electron chi connectivity index (χ0n) is 16.5. The number of benzene rings is 1. The van der Waals surface area contributed by atoms with Crippen molar-refractivity contribution in [3.05, 3.63) is 68.0 Å². The summed E-state index contributed by atoms with van der Waals surface area (Å²) in [6, 6.07) is 10.5. The van der Waals surface area contributed by atoms with Crippen LogP contribution in [0.3, 0.4) is 0 Å². The quantitative estimate of drug-likeness (QED) is 0.592. The van der Waals surface area contributed by atoms with Crippen LogP contribution in [-0.4, -0.2) is 37.6 Å². The van der Waals surface area contributed by atoms with E-state index in [0.717, 1.165) is 45.7 Å². The van der Waals surface area contributed by atoms with E-state index in [1.165, 1.54) is 36.8 Å². The van der Waals surface area contributed by atoms with E-state index in [-0.39, 0.29) is 10.9 Å². The van der Waals surface area contributed by atoms with E-state index in [9.17, 15) is 9.59 Å². The predicted molar refractivity (Wildman–Crippen MR) is 115 cm³/mol. The van der Waals surface area contributed by atoms with Gasteiger partial charge in [0, 0.05) is 39.3 Å². The van der Waals surface area contributed by atoms with E-state index >= 15 is 0 Å². The third-order valence-corrected chi connectivity index (χ3v) is 5.96. The highest BCUT2D eigenvalue weighted by Gasteiger charge is 2.28. The lowest BCUT2D eigenvalue weighted by Gasteiger charge is -2.37. The number of rotatable bonds is 7. The first kappa shape index (κ1) is 18.9. The van der Waals surface area contributed by atoms with Crippen LogP contribution in [-0.2, 0) is 6.54 Å². The molecule has 1 saturated heterocycles. The summed E-state index contributed by atoms with van der Waals surface area (Å²) in [4.78, 5) is 28.8. The molecule has 1 N–H and O–H groups in total. The first-order chi connectivity index (χ1) is 13.7. The molecule has 1 aliphatic heterocycles. The molecule has 5 heteroatoms. The van der Waals surface area contributed by atoms with Crippen molar-refractivity contribution < 1.29 is 0 Å². The van der Waals surface area contributed by atoms with Gasteiger partial charge in [-0.25, -0.2) is 0 Å². The van der Waals surface area contributed by atoms with Gasteiger partial charge in [0.2, 0.25) is 0 Å². The highest BCUT2D eigenvalue weighted by molar-refractivity contribution is 5.75. The van der Waals surface area contributed by atoms with Crippen LogP contribution < -0.4 is 21.1 Å². The van der Waals surface area contributed by atoms with E-state index in [2.05, 4.69) is 45.5 Å². The second-order valence-electron chi connectivity index (χ2n) is 7.92. The van der Waals surface area contributed by atoms with Crippen molar-refractivity contribution >= 4 is 11.4 Å². The van der Waals surface area contributed by atoms with E-state index in [1.54, 1.807) is 0 Å². The van der Waals surface area contributed by atoms with Crippen LogP contribution in [0, 0.1) is 0 Å². The van der Waals surface area contributed by atoms with Gasteiger partial charge in [0.15, 0.2) is 0 Å². The highest BCUT2D eigenvalue weighted by atomic mass is 16.2. The van der Waals surface area contributed by atoms with Gasteiger partial charge in [0.05, 0.1) is 0 Å². The maximum Gasteiger partial charge on any atom is 0.253 e. The summed E-state index contributed by atoms with van der Waals surface area (Å²) < 4.78 is 0. The van der Waals surface area contributed by atoms with Crippen molar-refractivity contribution in [1.82, 2.24) is 4.90 Å². The Kier molecular flexibility index (Phi) is 5.91. The number of piperazine rings is 1. The molecule has 4 rings (SSSR count). The fourth-order valence-corrected chi connectivity index (χ4v) is 4.30. The third-order valence-electron chi connectivity index (χ3n) is 5.96. The van der Waals surface area contributed by atoms with Gasteiger partial charge in [0.1, 0.15) is 11.4 Å². The first-order valence-electron chi connectivity index (χ1n) is 10.5. The maximum absolute atomic E-state index is 12.2. The van der Waals surface area contributed by atoms with Gasteiger partial charge in [-0.1, -0.05) is 42.0 Å². The molecular formula is C23H29N3O2. The Hall–Kier alpha value is -2.40. The zero-order chi connectivity index (χ0) is 19.3. The van der Waals surface area contributed by atoms with E-state index in [1.807, 2.05) is 6.07 Å². The Balaban J connectivity index is 1.31. The standard InChI is InChI=1S/C23H29N3O2/c27-22-20(24-12-11-18-7-3-1-4-8-18)21(23(22)28)26-15-13-25(14-16-26)17-19-9-5-2-6-10-19/h2,5-7,9-10,24H,1,3-4,8,11-17H2. The first-order valence-corrected chi connectivity index (χ1v) is 10.5. The molecule has 28 heavy (non-hydrogen) atoms. The Morgan fingerprint density at radius 3 is 2.43 bits per heavy atom. The Morgan fingerprint density at radius 2 is 1.71 bits per heavy atom. The number of anilines is 2. The summed E-state index contributed by atoms with van der Waals surface area (Å²) in [5.74, 6) is 0. The van der Waals surface area contributed by atoms with Crippen LogP contribution in [0.15, 0.2) is 51.6 Å². The van der Waals surface area contributed by atoms with Crippen LogP contribution >= 0.6 is 0 Å². The second kappa shape index (κ2) is 8.74. The highest BCUT2D eigenvalue weighted by Crippen LogP contribution is 2.24. The van der Waals surface area contributed by atoms with Gasteiger partial charge in [0.25, 0.3) is 10.9 Å². The molecule has 0 bridgehead atoms. The summed E-state index contributed by atoms with van der Waals surface area (Å²) in [6.45, 7) is 5.05. The van der Waals surface area contributed by atoms with Gasteiger partial charge in [-0.05, 0) is 37.7 Å².